The third-order valence-electron chi connectivity index (χ3n) is 3.56. The second-order valence-electron chi connectivity index (χ2n) is 7.43. The minimum Gasteiger partial charge on any atom is -0.488 e. The number of aliphatic imine (C=N–C) groups is 1. The highest BCUT2D eigenvalue weighted by Gasteiger charge is 2.14. The summed E-state index contributed by atoms with van der Waals surface area (Å²) in [5.74, 6) is 2.10. The molecule has 0 radical (unpaired) electrons. The summed E-state index contributed by atoms with van der Waals surface area (Å²) >= 11 is 1.71. The van der Waals surface area contributed by atoms with Crippen LogP contribution in [0.4, 0.5) is 0 Å². The van der Waals surface area contributed by atoms with Crippen LogP contribution in [0, 0.1) is 0 Å². The van der Waals surface area contributed by atoms with Crippen LogP contribution in [0.1, 0.15) is 56.8 Å². The van der Waals surface area contributed by atoms with Crippen LogP contribution in [0.2, 0.25) is 0 Å². The molecule has 2 N–H and O–H groups in total. The minimum absolute atomic E-state index is 0.227. The van der Waals surface area contributed by atoms with Crippen molar-refractivity contribution in [1.29, 1.82) is 0 Å². The lowest BCUT2D eigenvalue weighted by Gasteiger charge is -2.23. The van der Waals surface area contributed by atoms with Crippen LogP contribution in [0.5, 0.6) is 5.75 Å². The zero-order valence-corrected chi connectivity index (χ0v) is 17.4. The molecule has 6 heteroatoms. The largest absolute Gasteiger partial charge is 0.488 e. The number of aromatic nitrogens is 1. The number of benzene rings is 1. The third-order valence-corrected chi connectivity index (χ3v) is 4.75. The van der Waals surface area contributed by atoms with Gasteiger partial charge in [-0.1, -0.05) is 32.0 Å². The molecular weight excluding hydrogens is 344 g/mol. The summed E-state index contributed by atoms with van der Waals surface area (Å²) in [6.07, 6.45) is 0. The van der Waals surface area contributed by atoms with Crippen molar-refractivity contribution in [1.82, 2.24) is 15.6 Å². The molecule has 0 amide bonds. The van der Waals surface area contributed by atoms with E-state index in [1.165, 1.54) is 0 Å². The Morgan fingerprint density at radius 3 is 2.50 bits per heavy atom. The van der Waals surface area contributed by atoms with E-state index in [0.29, 0.717) is 19.0 Å². The average molecular weight is 375 g/mol. The molecule has 0 aliphatic rings. The van der Waals surface area contributed by atoms with Crippen molar-refractivity contribution < 1.29 is 4.74 Å². The summed E-state index contributed by atoms with van der Waals surface area (Å²) in [4.78, 5) is 8.94. The van der Waals surface area contributed by atoms with E-state index in [-0.39, 0.29) is 5.60 Å². The molecule has 1 aromatic heterocycles. The number of rotatable bonds is 6. The van der Waals surface area contributed by atoms with Gasteiger partial charge >= 0.3 is 0 Å². The number of thiazole rings is 1. The highest BCUT2D eigenvalue weighted by molar-refractivity contribution is 7.09. The molecule has 5 nitrogen and oxygen atoms in total. The van der Waals surface area contributed by atoms with Crippen LogP contribution in [-0.4, -0.2) is 23.6 Å². The fourth-order valence-corrected chi connectivity index (χ4v) is 3.16. The van der Waals surface area contributed by atoms with Gasteiger partial charge in [0.2, 0.25) is 0 Å². The van der Waals surface area contributed by atoms with Gasteiger partial charge in [-0.3, -0.25) is 4.99 Å². The van der Waals surface area contributed by atoms with Crippen molar-refractivity contribution in [3.05, 3.63) is 45.9 Å². The number of guanidine groups is 1. The van der Waals surface area contributed by atoms with Gasteiger partial charge in [0, 0.05) is 30.5 Å². The van der Waals surface area contributed by atoms with Crippen molar-refractivity contribution >= 4 is 17.3 Å². The summed E-state index contributed by atoms with van der Waals surface area (Å²) in [5.41, 5.74) is 1.91. The van der Waals surface area contributed by atoms with Crippen molar-refractivity contribution in [2.45, 2.75) is 59.2 Å². The molecule has 0 saturated heterocycles. The van der Waals surface area contributed by atoms with Crippen LogP contribution in [0.3, 0.4) is 0 Å². The fourth-order valence-electron chi connectivity index (χ4n) is 2.32. The van der Waals surface area contributed by atoms with Crippen LogP contribution in [0.25, 0.3) is 0 Å². The zero-order chi connectivity index (χ0) is 19.2. The van der Waals surface area contributed by atoms with Crippen molar-refractivity contribution in [2.75, 3.05) is 7.05 Å². The number of hydrogen-bond acceptors (Lipinski definition) is 4. The Hall–Kier alpha value is -2.08. The molecule has 2 aromatic rings. The number of nitrogens with zero attached hydrogens (tertiary/aromatic N) is 2. The van der Waals surface area contributed by atoms with Crippen molar-refractivity contribution in [2.24, 2.45) is 4.99 Å². The van der Waals surface area contributed by atoms with Gasteiger partial charge in [-0.25, -0.2) is 4.98 Å². The maximum absolute atomic E-state index is 6.04. The molecule has 0 atom stereocenters. The lowest BCUT2D eigenvalue weighted by atomic mass is 10.1. The molecule has 1 heterocycles. The number of para-hydroxylation sites is 1. The van der Waals surface area contributed by atoms with Gasteiger partial charge in [0.15, 0.2) is 5.96 Å². The van der Waals surface area contributed by atoms with E-state index in [2.05, 4.69) is 66.7 Å². The van der Waals surface area contributed by atoms with E-state index in [4.69, 9.17) is 4.74 Å². The molecule has 26 heavy (non-hydrogen) atoms. The fraction of sp³-hybridized carbons (Fsp3) is 0.500. The predicted molar refractivity (Wildman–Crippen MR) is 110 cm³/mol. The summed E-state index contributed by atoms with van der Waals surface area (Å²) in [6.45, 7) is 11.8. The molecule has 1 aromatic carbocycles. The summed E-state index contributed by atoms with van der Waals surface area (Å²) in [7, 11) is 1.77. The standard InChI is InChI=1S/C20H30N4OS/c1-14(2)18-24-16(13-26-18)12-23-19(21-6)22-11-15-9-7-8-10-17(15)25-20(3,4)5/h7-10,13-14H,11-12H2,1-6H3,(H2,21,22,23). The van der Waals surface area contributed by atoms with E-state index in [1.807, 2.05) is 18.2 Å². The number of hydrogen-bond donors (Lipinski definition) is 2. The zero-order valence-electron chi connectivity index (χ0n) is 16.6. The number of ether oxygens (including phenoxy) is 1. The van der Waals surface area contributed by atoms with Gasteiger partial charge in [0.1, 0.15) is 11.4 Å². The maximum atomic E-state index is 6.04. The molecule has 0 saturated carbocycles. The van der Waals surface area contributed by atoms with E-state index in [0.717, 1.165) is 28.0 Å². The third kappa shape index (κ3) is 6.33. The molecule has 142 valence electrons. The van der Waals surface area contributed by atoms with Crippen molar-refractivity contribution in [3.8, 4) is 5.75 Å². The van der Waals surface area contributed by atoms with Crippen LogP contribution < -0.4 is 15.4 Å². The molecule has 0 aliphatic carbocycles. The Bertz CT molecular complexity index is 731. The van der Waals surface area contributed by atoms with Crippen LogP contribution >= 0.6 is 11.3 Å². The van der Waals surface area contributed by atoms with Gasteiger partial charge in [0.05, 0.1) is 17.2 Å². The Balaban J connectivity index is 1.93. The minimum atomic E-state index is -0.227. The molecular formula is C20H30N4OS. The lowest BCUT2D eigenvalue weighted by molar-refractivity contribution is 0.129. The van der Waals surface area contributed by atoms with E-state index in [1.54, 1.807) is 18.4 Å². The van der Waals surface area contributed by atoms with Gasteiger partial charge in [-0.2, -0.15) is 0 Å². The van der Waals surface area contributed by atoms with E-state index >= 15 is 0 Å². The Morgan fingerprint density at radius 1 is 1.19 bits per heavy atom. The van der Waals surface area contributed by atoms with Crippen LogP contribution in [0.15, 0.2) is 34.6 Å². The van der Waals surface area contributed by atoms with Gasteiger partial charge in [0.25, 0.3) is 0 Å². The summed E-state index contributed by atoms with van der Waals surface area (Å²) in [5, 5.41) is 9.93. The molecule has 0 spiro atoms. The van der Waals surface area contributed by atoms with Gasteiger partial charge in [-0.15, -0.1) is 11.3 Å². The second-order valence-corrected chi connectivity index (χ2v) is 8.32. The Morgan fingerprint density at radius 2 is 1.88 bits per heavy atom. The topological polar surface area (TPSA) is 58.5 Å². The molecule has 0 bridgehead atoms. The number of nitrogens with one attached hydrogen (secondary N) is 2. The first-order chi connectivity index (χ1) is 12.3. The second kappa shape index (κ2) is 9.03. The van der Waals surface area contributed by atoms with E-state index < -0.39 is 0 Å². The molecule has 0 fully saturated rings. The average Bonchev–Trinajstić information content (AvgIpc) is 3.04. The Kier molecular flexibility index (Phi) is 7.03. The quantitative estimate of drug-likeness (QED) is 0.584. The smallest absolute Gasteiger partial charge is 0.191 e. The Labute approximate surface area is 160 Å². The van der Waals surface area contributed by atoms with Gasteiger partial charge < -0.3 is 15.4 Å². The first kappa shape index (κ1) is 20.2. The summed E-state index contributed by atoms with van der Waals surface area (Å²) in [6, 6.07) is 8.08. The van der Waals surface area contributed by atoms with E-state index in [9.17, 15) is 0 Å². The maximum Gasteiger partial charge on any atom is 0.191 e. The molecule has 0 aliphatic heterocycles. The monoisotopic (exact) mass is 374 g/mol. The predicted octanol–water partition coefficient (Wildman–Crippen LogP) is 4.31. The molecule has 2 rings (SSSR count). The van der Waals surface area contributed by atoms with Crippen LogP contribution in [-0.2, 0) is 13.1 Å². The normalized spacial score (nSPS) is 12.3. The SMILES string of the molecule is CN=C(NCc1csc(C(C)C)n1)NCc1ccccc1OC(C)(C)C. The van der Waals surface area contributed by atoms with Gasteiger partial charge in [-0.05, 0) is 26.8 Å². The highest BCUT2D eigenvalue weighted by Crippen LogP contribution is 2.23. The first-order valence-corrected chi connectivity index (χ1v) is 9.82. The summed E-state index contributed by atoms with van der Waals surface area (Å²) < 4.78 is 6.04. The van der Waals surface area contributed by atoms with Crippen molar-refractivity contribution in [3.63, 3.8) is 0 Å². The highest BCUT2D eigenvalue weighted by atomic mass is 32.1. The first-order valence-electron chi connectivity index (χ1n) is 8.94. The lowest BCUT2D eigenvalue weighted by Crippen LogP contribution is -2.36. The molecule has 0 unspecified atom stereocenters.